The van der Waals surface area contributed by atoms with Crippen molar-refractivity contribution in [3.8, 4) is 0 Å². The summed E-state index contributed by atoms with van der Waals surface area (Å²) in [6, 6.07) is -0.703. The van der Waals surface area contributed by atoms with Gasteiger partial charge in [-0.3, -0.25) is 19.2 Å². The molecule has 0 aromatic heterocycles. The second-order valence-corrected chi connectivity index (χ2v) is 6.26. The maximum Gasteiger partial charge on any atom is 0.302 e. The number of ether oxygens (including phenoxy) is 1. The summed E-state index contributed by atoms with van der Waals surface area (Å²) in [5.41, 5.74) is 0. The molecule has 0 rings (SSSR count). The van der Waals surface area contributed by atoms with Gasteiger partial charge in [0.2, 0.25) is 11.8 Å². The van der Waals surface area contributed by atoms with E-state index in [1.165, 1.54) is 30.7 Å². The topological polar surface area (TPSA) is 84.0 Å². The number of hydrogen-bond donors (Lipinski definition) is 0. The highest BCUT2D eigenvalue weighted by atomic mass is 32.2. The van der Waals surface area contributed by atoms with Gasteiger partial charge in [-0.15, -0.1) is 0 Å². The smallest absolute Gasteiger partial charge is 0.302 e. The van der Waals surface area contributed by atoms with Crippen molar-refractivity contribution in [2.24, 2.45) is 0 Å². The summed E-state index contributed by atoms with van der Waals surface area (Å²) in [5.74, 6) is -0.770. The molecule has 8 heteroatoms. The van der Waals surface area contributed by atoms with E-state index in [4.69, 9.17) is 4.74 Å². The Bertz CT molecular complexity index is 439. The van der Waals surface area contributed by atoms with E-state index in [-0.39, 0.29) is 29.1 Å². The Labute approximate surface area is 135 Å². The largest absolute Gasteiger partial charge is 0.462 e. The summed E-state index contributed by atoms with van der Waals surface area (Å²) in [6.45, 7) is 4.27. The molecule has 0 radical (unpaired) electrons. The van der Waals surface area contributed by atoms with Gasteiger partial charge in [-0.25, -0.2) is 0 Å². The molecule has 0 N–H and O–H groups in total. The van der Waals surface area contributed by atoms with Crippen LogP contribution in [0.3, 0.4) is 0 Å². The van der Waals surface area contributed by atoms with Crippen LogP contribution in [0.4, 0.5) is 0 Å². The molecule has 22 heavy (non-hydrogen) atoms. The number of hydrogen-bond acceptors (Lipinski definition) is 6. The van der Waals surface area contributed by atoms with Crippen molar-refractivity contribution < 1.29 is 23.9 Å². The van der Waals surface area contributed by atoms with E-state index < -0.39 is 18.1 Å². The standard InChI is InChI=1S/C14H24N2O5S/c1-9(21-11(3)18)7-13(19)22-8-12(14(20)15(4)5)16(6)10(2)17/h9,12H,7-8H2,1-6H3/t9-,12?/m1/s1. The third-order valence-electron chi connectivity index (χ3n) is 2.91. The number of thioether (sulfide) groups is 1. The van der Waals surface area contributed by atoms with Gasteiger partial charge in [0.05, 0.1) is 6.42 Å². The lowest BCUT2D eigenvalue weighted by atomic mass is 10.2. The van der Waals surface area contributed by atoms with E-state index in [0.29, 0.717) is 0 Å². The molecule has 7 nitrogen and oxygen atoms in total. The van der Waals surface area contributed by atoms with E-state index >= 15 is 0 Å². The average molecular weight is 332 g/mol. The van der Waals surface area contributed by atoms with Crippen molar-refractivity contribution >= 4 is 34.7 Å². The lowest BCUT2D eigenvalue weighted by Gasteiger charge is -2.28. The van der Waals surface area contributed by atoms with Crippen LogP contribution in [-0.4, -0.2) is 71.7 Å². The van der Waals surface area contributed by atoms with Gasteiger partial charge in [0.15, 0.2) is 5.12 Å². The zero-order valence-electron chi connectivity index (χ0n) is 13.9. The number of amides is 2. The number of rotatable bonds is 7. The number of nitrogens with zero attached hydrogens (tertiary/aromatic N) is 2. The van der Waals surface area contributed by atoms with Crippen molar-refractivity contribution in [1.82, 2.24) is 9.80 Å². The van der Waals surface area contributed by atoms with Crippen LogP contribution in [0, 0.1) is 0 Å². The van der Waals surface area contributed by atoms with Crippen LogP contribution in [0.2, 0.25) is 0 Å². The van der Waals surface area contributed by atoms with Gasteiger partial charge in [0.25, 0.3) is 0 Å². The van der Waals surface area contributed by atoms with Crippen molar-refractivity contribution in [3.05, 3.63) is 0 Å². The normalized spacial score (nSPS) is 13.0. The highest BCUT2D eigenvalue weighted by Gasteiger charge is 2.27. The van der Waals surface area contributed by atoms with Gasteiger partial charge in [0, 0.05) is 40.7 Å². The molecule has 126 valence electrons. The van der Waals surface area contributed by atoms with Gasteiger partial charge in [-0.05, 0) is 6.92 Å². The third kappa shape index (κ3) is 7.44. The monoisotopic (exact) mass is 332 g/mol. The number of likely N-dealkylation sites (N-methyl/N-ethyl adjacent to an activating group) is 2. The minimum absolute atomic E-state index is 0.0664. The zero-order chi connectivity index (χ0) is 17.4. The highest BCUT2D eigenvalue weighted by Crippen LogP contribution is 2.15. The van der Waals surface area contributed by atoms with Crippen LogP contribution < -0.4 is 0 Å². The fourth-order valence-electron chi connectivity index (χ4n) is 1.66. The summed E-state index contributed by atoms with van der Waals surface area (Å²) in [7, 11) is 4.72. The van der Waals surface area contributed by atoms with Crippen LogP contribution >= 0.6 is 11.8 Å². The molecule has 1 unspecified atom stereocenters. The Kier molecular flexibility index (Phi) is 8.77. The summed E-state index contributed by atoms with van der Waals surface area (Å²) in [6.07, 6.45) is -0.442. The summed E-state index contributed by atoms with van der Waals surface area (Å²) >= 11 is 0.960. The van der Waals surface area contributed by atoms with Crippen LogP contribution in [0.5, 0.6) is 0 Å². The van der Waals surface area contributed by atoms with Gasteiger partial charge < -0.3 is 14.5 Å². The Balaban J connectivity index is 4.63. The van der Waals surface area contributed by atoms with Crippen molar-refractivity contribution in [2.45, 2.75) is 39.3 Å². The Hall–Kier alpha value is -1.57. The highest BCUT2D eigenvalue weighted by molar-refractivity contribution is 8.13. The van der Waals surface area contributed by atoms with Crippen molar-refractivity contribution in [3.63, 3.8) is 0 Å². The van der Waals surface area contributed by atoms with E-state index in [1.807, 2.05) is 0 Å². The molecule has 0 aliphatic rings. The quantitative estimate of drug-likeness (QED) is 0.632. The Morgan fingerprint density at radius 1 is 1.09 bits per heavy atom. The third-order valence-corrected chi connectivity index (χ3v) is 3.88. The summed E-state index contributed by atoms with van der Waals surface area (Å²) in [4.78, 5) is 48.9. The van der Waals surface area contributed by atoms with Gasteiger partial charge in [0.1, 0.15) is 12.1 Å². The van der Waals surface area contributed by atoms with Crippen LogP contribution in [0.25, 0.3) is 0 Å². The molecule has 0 fully saturated rings. The second-order valence-electron chi connectivity index (χ2n) is 5.19. The molecule has 0 aromatic carbocycles. The minimum atomic E-state index is -0.703. The maximum atomic E-state index is 12.1. The summed E-state index contributed by atoms with van der Waals surface area (Å²) < 4.78 is 4.89. The molecule has 0 aliphatic carbocycles. The average Bonchev–Trinajstić information content (AvgIpc) is 2.36. The van der Waals surface area contributed by atoms with Crippen molar-refractivity contribution in [1.29, 1.82) is 0 Å². The zero-order valence-corrected chi connectivity index (χ0v) is 14.7. The first-order valence-corrected chi connectivity index (χ1v) is 7.82. The first-order chi connectivity index (χ1) is 10.1. The molecular formula is C14H24N2O5S. The number of carbonyl (C=O) groups is 4. The van der Waals surface area contributed by atoms with Crippen molar-refractivity contribution in [2.75, 3.05) is 26.9 Å². The first kappa shape index (κ1) is 20.4. The predicted octanol–water partition coefficient (Wildman–Crippen LogP) is 0.523. The van der Waals surface area contributed by atoms with E-state index in [2.05, 4.69) is 0 Å². The lowest BCUT2D eigenvalue weighted by Crippen LogP contribution is -2.48. The second kappa shape index (κ2) is 9.45. The molecule has 0 bridgehead atoms. The molecule has 0 saturated heterocycles. The SMILES string of the molecule is CC(=O)O[C@H](C)CC(=O)SCC(C(=O)N(C)C)N(C)C(C)=O. The minimum Gasteiger partial charge on any atom is -0.462 e. The van der Waals surface area contributed by atoms with E-state index in [0.717, 1.165) is 11.8 Å². The molecule has 0 aromatic rings. The Morgan fingerprint density at radius 2 is 1.64 bits per heavy atom. The fourth-order valence-corrected chi connectivity index (χ4v) is 2.72. The van der Waals surface area contributed by atoms with E-state index in [1.54, 1.807) is 21.0 Å². The molecule has 2 atom stereocenters. The Morgan fingerprint density at radius 3 is 2.05 bits per heavy atom. The molecule has 0 heterocycles. The summed E-state index contributed by atoms with van der Waals surface area (Å²) in [5, 5.41) is -0.192. The van der Waals surface area contributed by atoms with Crippen LogP contribution in [0.15, 0.2) is 0 Å². The molecule has 0 spiro atoms. The lowest BCUT2D eigenvalue weighted by molar-refractivity contribution is -0.146. The van der Waals surface area contributed by atoms with Crippen LogP contribution in [0.1, 0.15) is 27.2 Å². The molecule has 2 amide bonds. The maximum absolute atomic E-state index is 12.1. The van der Waals surface area contributed by atoms with Gasteiger partial charge in [-0.2, -0.15) is 0 Å². The van der Waals surface area contributed by atoms with E-state index in [9.17, 15) is 19.2 Å². The molecule has 0 aliphatic heterocycles. The predicted molar refractivity (Wildman–Crippen MR) is 84.2 cm³/mol. The first-order valence-electron chi connectivity index (χ1n) is 6.83. The molecule has 0 saturated carbocycles. The molecular weight excluding hydrogens is 308 g/mol. The van der Waals surface area contributed by atoms with Gasteiger partial charge >= 0.3 is 5.97 Å². The fraction of sp³-hybridized carbons (Fsp3) is 0.714. The number of esters is 1. The van der Waals surface area contributed by atoms with Crippen LogP contribution in [-0.2, 0) is 23.9 Å². The number of carbonyl (C=O) groups excluding carboxylic acids is 4. The van der Waals surface area contributed by atoms with Gasteiger partial charge in [-0.1, -0.05) is 11.8 Å².